The summed E-state index contributed by atoms with van der Waals surface area (Å²) in [5, 5.41) is 34.4. The maximum Gasteiger partial charge on any atom is 0.0746 e. The highest BCUT2D eigenvalue weighted by molar-refractivity contribution is 5.31. The Bertz CT molecular complexity index is 626. The van der Waals surface area contributed by atoms with Crippen LogP contribution in [0.4, 0.5) is 0 Å². The molecule has 6 aliphatic rings. The van der Waals surface area contributed by atoms with Crippen molar-refractivity contribution in [2.75, 3.05) is 13.1 Å². The lowest BCUT2D eigenvalue weighted by molar-refractivity contribution is -0.260. The molecule has 0 aromatic heterocycles. The first-order chi connectivity index (χ1) is 11.9. The lowest BCUT2D eigenvalue weighted by atomic mass is 9.43. The van der Waals surface area contributed by atoms with E-state index in [4.69, 9.17) is 0 Å². The summed E-state index contributed by atoms with van der Waals surface area (Å²) in [6.07, 6.45) is 5.34. The quantitative estimate of drug-likeness (QED) is 0.675. The van der Waals surface area contributed by atoms with Crippen molar-refractivity contribution < 1.29 is 15.3 Å². The van der Waals surface area contributed by atoms with Gasteiger partial charge in [-0.05, 0) is 68.2 Å². The van der Waals surface area contributed by atoms with E-state index in [2.05, 4.69) is 18.7 Å². The van der Waals surface area contributed by atoms with E-state index in [1.54, 1.807) is 0 Å². The molecular weight excluding hydrogens is 314 g/mol. The van der Waals surface area contributed by atoms with Crippen molar-refractivity contribution in [3.8, 4) is 0 Å². The molecule has 4 nitrogen and oxygen atoms in total. The van der Waals surface area contributed by atoms with Crippen molar-refractivity contribution in [2.24, 2.45) is 40.4 Å². The first kappa shape index (κ1) is 15.9. The molecule has 25 heavy (non-hydrogen) atoms. The minimum Gasteiger partial charge on any atom is -0.392 e. The van der Waals surface area contributed by atoms with E-state index in [1.165, 1.54) is 0 Å². The molecule has 0 aromatic carbocycles. The zero-order valence-corrected chi connectivity index (χ0v) is 15.6. The number of aliphatic hydroxyl groups excluding tert-OH is 2. The molecule has 6 fully saturated rings. The number of hydrogen-bond donors (Lipinski definition) is 3. The van der Waals surface area contributed by atoms with Crippen LogP contribution in [0.25, 0.3) is 0 Å². The van der Waals surface area contributed by atoms with E-state index in [9.17, 15) is 15.3 Å². The number of piperidine rings is 1. The standard InChI is InChI=1S/C21H33NO3/c1-3-22-10-19(2)6-5-15(23)21-12-8-11-4-7-20(25,16(12)17(11)24)13(18(21)22)9-14(19)21/h11-18,23-25H,3-10H2,1-2H3/t11-,12+,13?,14+,15-,16+,17-,18-,19-,20-,21?/m0/s1. The van der Waals surface area contributed by atoms with E-state index in [0.29, 0.717) is 23.8 Å². The Hall–Kier alpha value is -0.160. The summed E-state index contributed by atoms with van der Waals surface area (Å²) in [4.78, 5) is 2.63. The van der Waals surface area contributed by atoms with Gasteiger partial charge in [0, 0.05) is 29.8 Å². The van der Waals surface area contributed by atoms with E-state index in [-0.39, 0.29) is 34.9 Å². The summed E-state index contributed by atoms with van der Waals surface area (Å²) in [6, 6.07) is 0.321. The summed E-state index contributed by atoms with van der Waals surface area (Å²) >= 11 is 0. The summed E-state index contributed by atoms with van der Waals surface area (Å²) in [7, 11) is 0. The molecule has 0 aromatic rings. The van der Waals surface area contributed by atoms with Gasteiger partial charge in [0.25, 0.3) is 0 Å². The van der Waals surface area contributed by atoms with Crippen LogP contribution in [-0.2, 0) is 0 Å². The number of likely N-dealkylation sites (tertiary alicyclic amines) is 1. The third kappa shape index (κ3) is 1.44. The van der Waals surface area contributed by atoms with Crippen LogP contribution in [0.2, 0.25) is 0 Å². The van der Waals surface area contributed by atoms with Crippen molar-refractivity contribution in [2.45, 2.75) is 76.2 Å². The van der Waals surface area contributed by atoms with Gasteiger partial charge >= 0.3 is 0 Å². The molecule has 1 spiro atoms. The first-order valence-corrected chi connectivity index (χ1v) is 10.7. The van der Waals surface area contributed by atoms with Crippen molar-refractivity contribution in [3.05, 3.63) is 0 Å². The fourth-order valence-electron chi connectivity index (χ4n) is 9.79. The van der Waals surface area contributed by atoms with Gasteiger partial charge in [0.15, 0.2) is 0 Å². The highest BCUT2D eigenvalue weighted by Crippen LogP contribution is 2.78. The molecule has 1 aliphatic heterocycles. The predicted octanol–water partition coefficient (Wildman–Crippen LogP) is 1.63. The third-order valence-corrected chi connectivity index (χ3v) is 10.4. The zero-order chi connectivity index (χ0) is 17.4. The van der Waals surface area contributed by atoms with Crippen molar-refractivity contribution >= 4 is 0 Å². The number of hydrogen-bond acceptors (Lipinski definition) is 4. The maximum atomic E-state index is 11.9. The second-order valence-electron chi connectivity index (χ2n) is 10.8. The molecule has 1 saturated heterocycles. The fourth-order valence-corrected chi connectivity index (χ4v) is 9.79. The zero-order valence-electron chi connectivity index (χ0n) is 15.6. The highest BCUT2D eigenvalue weighted by Gasteiger charge is 2.81. The van der Waals surface area contributed by atoms with Gasteiger partial charge < -0.3 is 15.3 Å². The Morgan fingerprint density at radius 1 is 1.08 bits per heavy atom. The SMILES string of the molecule is CCN1C[C@]2(C)CC[C@H](O)C34[C@@H]5C[C@@H]6CC[C@](O)(C(C[C@@H]32)[C@H]14)[C@H]5[C@H]6O. The molecule has 0 radical (unpaired) electrons. The summed E-state index contributed by atoms with van der Waals surface area (Å²) in [5.74, 6) is 1.42. The summed E-state index contributed by atoms with van der Waals surface area (Å²) < 4.78 is 0. The average Bonchev–Trinajstić information content (AvgIpc) is 3.00. The Morgan fingerprint density at radius 2 is 1.88 bits per heavy atom. The van der Waals surface area contributed by atoms with E-state index < -0.39 is 5.60 Å². The van der Waals surface area contributed by atoms with Gasteiger partial charge in [0.1, 0.15) is 0 Å². The predicted molar refractivity (Wildman–Crippen MR) is 93.7 cm³/mol. The topological polar surface area (TPSA) is 63.9 Å². The fraction of sp³-hybridized carbons (Fsp3) is 1.00. The van der Waals surface area contributed by atoms with Crippen LogP contribution >= 0.6 is 0 Å². The maximum absolute atomic E-state index is 11.9. The van der Waals surface area contributed by atoms with Gasteiger partial charge in [-0.1, -0.05) is 13.8 Å². The number of nitrogens with zero attached hydrogens (tertiary/aromatic N) is 1. The van der Waals surface area contributed by atoms with Crippen molar-refractivity contribution in [3.63, 3.8) is 0 Å². The molecule has 4 heteroatoms. The van der Waals surface area contributed by atoms with Gasteiger partial charge in [-0.15, -0.1) is 0 Å². The van der Waals surface area contributed by atoms with E-state index in [0.717, 1.165) is 51.6 Å². The van der Waals surface area contributed by atoms with Gasteiger partial charge in [-0.25, -0.2) is 0 Å². The molecule has 0 amide bonds. The molecule has 5 aliphatic carbocycles. The smallest absolute Gasteiger partial charge is 0.0746 e. The van der Waals surface area contributed by atoms with Crippen LogP contribution in [0.15, 0.2) is 0 Å². The molecule has 7 bridgehead atoms. The lowest BCUT2D eigenvalue weighted by Crippen LogP contribution is -2.75. The molecule has 3 N–H and O–H groups in total. The number of rotatable bonds is 1. The van der Waals surface area contributed by atoms with Crippen LogP contribution in [0.5, 0.6) is 0 Å². The molecular formula is C21H33NO3. The van der Waals surface area contributed by atoms with Crippen LogP contribution in [0.3, 0.4) is 0 Å². The molecule has 6 rings (SSSR count). The monoisotopic (exact) mass is 347 g/mol. The first-order valence-electron chi connectivity index (χ1n) is 10.7. The van der Waals surface area contributed by atoms with E-state index >= 15 is 0 Å². The molecule has 140 valence electrons. The lowest BCUT2D eigenvalue weighted by Gasteiger charge is -2.68. The molecule has 11 atom stereocenters. The minimum absolute atomic E-state index is 0.00584. The van der Waals surface area contributed by atoms with Crippen LogP contribution in [0.1, 0.15) is 52.4 Å². The van der Waals surface area contributed by atoms with Crippen LogP contribution < -0.4 is 0 Å². The Balaban J connectivity index is 1.62. The second-order valence-corrected chi connectivity index (χ2v) is 10.8. The molecule has 5 saturated carbocycles. The second kappa shape index (κ2) is 4.45. The largest absolute Gasteiger partial charge is 0.392 e. The van der Waals surface area contributed by atoms with Gasteiger partial charge in [-0.2, -0.15) is 0 Å². The normalized spacial score (nSPS) is 67.6. The number of aliphatic hydroxyl groups is 3. The third-order valence-electron chi connectivity index (χ3n) is 10.4. The summed E-state index contributed by atoms with van der Waals surface area (Å²) in [5.41, 5.74) is -0.524. The van der Waals surface area contributed by atoms with Crippen molar-refractivity contribution in [1.82, 2.24) is 4.90 Å². The Kier molecular flexibility index (Phi) is 2.82. The summed E-state index contributed by atoms with van der Waals surface area (Å²) in [6.45, 7) is 6.84. The molecule has 2 unspecified atom stereocenters. The van der Waals surface area contributed by atoms with Gasteiger partial charge in [0.2, 0.25) is 0 Å². The minimum atomic E-state index is -0.706. The Labute approximate surface area is 150 Å². The Morgan fingerprint density at radius 3 is 2.64 bits per heavy atom. The van der Waals surface area contributed by atoms with Gasteiger partial charge in [-0.3, -0.25) is 4.90 Å². The van der Waals surface area contributed by atoms with Crippen LogP contribution in [-0.4, -0.2) is 57.2 Å². The highest BCUT2D eigenvalue weighted by atomic mass is 16.3. The van der Waals surface area contributed by atoms with E-state index in [1.807, 2.05) is 0 Å². The average molecular weight is 347 g/mol. The molecule has 1 heterocycles. The van der Waals surface area contributed by atoms with Crippen LogP contribution in [0, 0.1) is 40.4 Å². The van der Waals surface area contributed by atoms with Crippen molar-refractivity contribution in [1.29, 1.82) is 0 Å². The number of fused-ring (bicyclic) bond motifs is 2. The van der Waals surface area contributed by atoms with Gasteiger partial charge in [0.05, 0.1) is 17.8 Å².